The molecule has 0 radical (unpaired) electrons. The van der Waals surface area contributed by atoms with Crippen molar-refractivity contribution in [2.75, 3.05) is 0 Å². The van der Waals surface area contributed by atoms with Gasteiger partial charge >= 0.3 is 0 Å². The standard InChI is InChI=1S/C19H24O2/c1-18-9-7-14-15(17(18)8-10-19(18,2)21)6-4-12-3-5-13(20)11-16(12)14/h3,7,9,15,17,21H,4-6,8,10-11H2,1-2H3/t15?,17?,18?,19-/m0/s1. The number of carbonyl (C=O) groups excluding carboxylic acids is 1. The quantitative estimate of drug-likeness (QED) is 0.736. The molecule has 4 rings (SSSR count). The minimum absolute atomic E-state index is 0.110. The summed E-state index contributed by atoms with van der Waals surface area (Å²) in [5.41, 5.74) is 3.43. The summed E-state index contributed by atoms with van der Waals surface area (Å²) in [6, 6.07) is 0. The predicted octanol–water partition coefficient (Wildman–Crippen LogP) is 3.72. The molecule has 0 aromatic heterocycles. The average molecular weight is 284 g/mol. The Morgan fingerprint density at radius 1 is 1.29 bits per heavy atom. The number of aliphatic hydroxyl groups is 1. The van der Waals surface area contributed by atoms with Gasteiger partial charge in [-0.15, -0.1) is 0 Å². The molecule has 2 heteroatoms. The number of allylic oxidation sites excluding steroid dienone is 5. The number of ketones is 1. The number of hydrogen-bond acceptors (Lipinski definition) is 2. The summed E-state index contributed by atoms with van der Waals surface area (Å²) < 4.78 is 0. The maximum absolute atomic E-state index is 11.8. The number of Topliss-reactive ketones (excluding diaryl/α,β-unsaturated/α-hetero) is 1. The predicted molar refractivity (Wildman–Crippen MR) is 82.7 cm³/mol. The summed E-state index contributed by atoms with van der Waals surface area (Å²) in [6.07, 6.45) is 12.2. The van der Waals surface area contributed by atoms with Crippen molar-refractivity contribution in [3.05, 3.63) is 34.9 Å². The van der Waals surface area contributed by atoms with Crippen molar-refractivity contribution >= 4 is 5.78 Å². The third-order valence-corrected chi connectivity index (χ3v) is 6.78. The molecule has 4 aliphatic carbocycles. The Kier molecular flexibility index (Phi) is 2.70. The highest BCUT2D eigenvalue weighted by Gasteiger charge is 2.56. The van der Waals surface area contributed by atoms with E-state index in [9.17, 15) is 9.90 Å². The minimum atomic E-state index is -0.594. The van der Waals surface area contributed by atoms with Gasteiger partial charge in [-0.25, -0.2) is 0 Å². The molecule has 3 unspecified atom stereocenters. The molecule has 112 valence electrons. The molecule has 0 bridgehead atoms. The fourth-order valence-electron chi connectivity index (χ4n) is 5.21. The number of hydrogen-bond donors (Lipinski definition) is 1. The Labute approximate surface area is 126 Å². The van der Waals surface area contributed by atoms with E-state index in [0.717, 1.165) is 19.3 Å². The van der Waals surface area contributed by atoms with Gasteiger partial charge in [0.1, 0.15) is 5.78 Å². The molecule has 1 fully saturated rings. The van der Waals surface area contributed by atoms with Crippen LogP contribution in [0.3, 0.4) is 0 Å². The molecule has 4 atom stereocenters. The maximum atomic E-state index is 11.8. The van der Waals surface area contributed by atoms with Gasteiger partial charge in [-0.1, -0.05) is 25.2 Å². The highest BCUT2D eigenvalue weighted by molar-refractivity contribution is 5.86. The molecule has 2 nitrogen and oxygen atoms in total. The van der Waals surface area contributed by atoms with Crippen molar-refractivity contribution in [2.24, 2.45) is 17.3 Å². The lowest BCUT2D eigenvalue weighted by molar-refractivity contribution is -0.117. The summed E-state index contributed by atoms with van der Waals surface area (Å²) in [4.78, 5) is 11.8. The molecule has 1 saturated carbocycles. The van der Waals surface area contributed by atoms with E-state index in [-0.39, 0.29) is 5.41 Å². The second kappa shape index (κ2) is 4.19. The lowest BCUT2D eigenvalue weighted by atomic mass is 9.58. The van der Waals surface area contributed by atoms with E-state index < -0.39 is 5.60 Å². The smallest absolute Gasteiger partial charge is 0.141 e. The Morgan fingerprint density at radius 2 is 2.10 bits per heavy atom. The molecular weight excluding hydrogens is 260 g/mol. The third kappa shape index (κ3) is 1.72. The molecule has 0 aromatic rings. The second-order valence-electron chi connectivity index (χ2n) is 7.76. The summed E-state index contributed by atoms with van der Waals surface area (Å²) in [5, 5.41) is 10.8. The lowest BCUT2D eigenvalue weighted by Crippen LogP contribution is -2.45. The Bertz CT molecular complexity index is 605. The van der Waals surface area contributed by atoms with Crippen LogP contribution in [0.25, 0.3) is 0 Å². The first kappa shape index (κ1) is 13.5. The Hall–Kier alpha value is -1.15. The van der Waals surface area contributed by atoms with Crippen LogP contribution >= 0.6 is 0 Å². The first-order valence-electron chi connectivity index (χ1n) is 8.28. The molecule has 0 spiro atoms. The van der Waals surface area contributed by atoms with Gasteiger partial charge in [0.15, 0.2) is 0 Å². The van der Waals surface area contributed by atoms with Gasteiger partial charge in [0.05, 0.1) is 5.60 Å². The summed E-state index contributed by atoms with van der Waals surface area (Å²) >= 11 is 0. The van der Waals surface area contributed by atoms with Crippen LogP contribution in [0.15, 0.2) is 34.9 Å². The number of fused-ring (bicyclic) bond motifs is 4. The zero-order chi connectivity index (χ0) is 14.8. The number of rotatable bonds is 0. The van der Waals surface area contributed by atoms with E-state index >= 15 is 0 Å². The van der Waals surface area contributed by atoms with Gasteiger partial charge in [0.25, 0.3) is 0 Å². The maximum Gasteiger partial charge on any atom is 0.141 e. The highest BCUT2D eigenvalue weighted by atomic mass is 16.3. The molecule has 1 N–H and O–H groups in total. The molecule has 0 aromatic carbocycles. The third-order valence-electron chi connectivity index (χ3n) is 6.78. The van der Waals surface area contributed by atoms with E-state index in [1.165, 1.54) is 23.1 Å². The first-order valence-corrected chi connectivity index (χ1v) is 8.28. The van der Waals surface area contributed by atoms with Crippen LogP contribution in [0.2, 0.25) is 0 Å². The second-order valence-corrected chi connectivity index (χ2v) is 7.76. The van der Waals surface area contributed by atoms with Crippen LogP contribution in [0.1, 0.15) is 52.4 Å². The van der Waals surface area contributed by atoms with Gasteiger partial charge in [0, 0.05) is 18.3 Å². The first-order chi connectivity index (χ1) is 9.92. The fourth-order valence-corrected chi connectivity index (χ4v) is 5.21. The van der Waals surface area contributed by atoms with E-state index in [0.29, 0.717) is 30.5 Å². The van der Waals surface area contributed by atoms with Crippen molar-refractivity contribution in [1.29, 1.82) is 0 Å². The van der Waals surface area contributed by atoms with Crippen LogP contribution in [0, 0.1) is 17.3 Å². The van der Waals surface area contributed by atoms with Gasteiger partial charge in [-0.05, 0) is 61.2 Å². The molecule has 0 saturated heterocycles. The van der Waals surface area contributed by atoms with Crippen molar-refractivity contribution < 1.29 is 9.90 Å². The van der Waals surface area contributed by atoms with Gasteiger partial charge in [-0.3, -0.25) is 4.79 Å². The average Bonchev–Trinajstić information content (AvgIpc) is 2.69. The molecule has 21 heavy (non-hydrogen) atoms. The van der Waals surface area contributed by atoms with Crippen LogP contribution in [-0.4, -0.2) is 16.5 Å². The van der Waals surface area contributed by atoms with Crippen molar-refractivity contribution in [3.63, 3.8) is 0 Å². The van der Waals surface area contributed by atoms with Crippen molar-refractivity contribution in [3.8, 4) is 0 Å². The minimum Gasteiger partial charge on any atom is -0.389 e. The zero-order valence-electron chi connectivity index (χ0n) is 13.0. The van der Waals surface area contributed by atoms with Crippen LogP contribution in [0.5, 0.6) is 0 Å². The van der Waals surface area contributed by atoms with E-state index in [2.05, 4.69) is 25.2 Å². The molecule has 4 aliphatic rings. The van der Waals surface area contributed by atoms with Gasteiger partial charge < -0.3 is 5.11 Å². The molecule has 0 heterocycles. The number of carbonyl (C=O) groups is 1. The Morgan fingerprint density at radius 3 is 2.90 bits per heavy atom. The van der Waals surface area contributed by atoms with Crippen LogP contribution in [-0.2, 0) is 4.79 Å². The Balaban J connectivity index is 1.84. The summed E-state index contributed by atoms with van der Waals surface area (Å²) in [7, 11) is 0. The van der Waals surface area contributed by atoms with Gasteiger partial charge in [-0.2, -0.15) is 0 Å². The zero-order valence-corrected chi connectivity index (χ0v) is 13.0. The van der Waals surface area contributed by atoms with Crippen molar-refractivity contribution in [1.82, 2.24) is 0 Å². The highest BCUT2D eigenvalue weighted by Crippen LogP contribution is 2.60. The monoisotopic (exact) mass is 284 g/mol. The largest absolute Gasteiger partial charge is 0.389 e. The fraction of sp³-hybridized carbons (Fsp3) is 0.632. The molecular formula is C19H24O2. The lowest BCUT2D eigenvalue weighted by Gasteiger charge is -2.47. The normalized spacial score (nSPS) is 45.1. The topological polar surface area (TPSA) is 37.3 Å². The van der Waals surface area contributed by atoms with Crippen molar-refractivity contribution in [2.45, 2.75) is 58.0 Å². The SMILES string of the molecule is CC12C=CC3=C4CC(=O)CC=C4CCC3C1CC[C@]2(C)O. The van der Waals surface area contributed by atoms with E-state index in [4.69, 9.17) is 0 Å². The molecule has 0 aliphatic heterocycles. The van der Waals surface area contributed by atoms with Crippen LogP contribution < -0.4 is 0 Å². The summed E-state index contributed by atoms with van der Waals surface area (Å²) in [5.74, 6) is 1.41. The summed E-state index contributed by atoms with van der Waals surface area (Å²) in [6.45, 7) is 4.22. The van der Waals surface area contributed by atoms with Gasteiger partial charge in [0.2, 0.25) is 0 Å². The van der Waals surface area contributed by atoms with Crippen LogP contribution in [0.4, 0.5) is 0 Å². The van der Waals surface area contributed by atoms with E-state index in [1.807, 2.05) is 6.92 Å². The molecule has 0 amide bonds. The van der Waals surface area contributed by atoms with E-state index in [1.54, 1.807) is 0 Å².